The molecule has 23 heavy (non-hydrogen) atoms. The Kier molecular flexibility index (Phi) is 4.91. The zero-order chi connectivity index (χ0) is 16.2. The van der Waals surface area contributed by atoms with Gasteiger partial charge in [0, 0.05) is 16.5 Å². The van der Waals surface area contributed by atoms with Crippen LogP contribution >= 0.6 is 11.3 Å². The van der Waals surface area contributed by atoms with Crippen molar-refractivity contribution < 1.29 is 9.52 Å². The highest BCUT2D eigenvalue weighted by molar-refractivity contribution is 7.15. The second kappa shape index (κ2) is 7.08. The molecular formula is C18H20N2O2S. The van der Waals surface area contributed by atoms with E-state index in [1.165, 1.54) is 4.88 Å². The number of rotatable bonds is 6. The third-order valence-electron chi connectivity index (χ3n) is 3.77. The molecule has 0 aliphatic heterocycles. The van der Waals surface area contributed by atoms with Gasteiger partial charge < -0.3 is 9.52 Å². The lowest BCUT2D eigenvalue weighted by Gasteiger charge is -2.19. The Morgan fingerprint density at radius 2 is 2.00 bits per heavy atom. The van der Waals surface area contributed by atoms with Gasteiger partial charge in [-0.05, 0) is 26.0 Å². The van der Waals surface area contributed by atoms with E-state index in [2.05, 4.69) is 24.4 Å². The molecule has 0 saturated carbocycles. The Hall–Kier alpha value is -1.95. The van der Waals surface area contributed by atoms with Crippen LogP contribution in [0.3, 0.4) is 0 Å². The summed E-state index contributed by atoms with van der Waals surface area (Å²) in [5.74, 6) is 0.741. The van der Waals surface area contributed by atoms with E-state index in [4.69, 9.17) is 9.40 Å². The van der Waals surface area contributed by atoms with Crippen molar-refractivity contribution in [2.75, 3.05) is 6.61 Å². The lowest BCUT2D eigenvalue weighted by molar-refractivity contribution is 0.217. The molecule has 3 rings (SSSR count). The van der Waals surface area contributed by atoms with Gasteiger partial charge in [-0.25, -0.2) is 4.98 Å². The molecule has 0 aliphatic rings. The number of aromatic nitrogens is 1. The van der Waals surface area contributed by atoms with Gasteiger partial charge in [-0.15, -0.1) is 11.3 Å². The van der Waals surface area contributed by atoms with Crippen LogP contribution in [0, 0.1) is 6.92 Å². The van der Waals surface area contributed by atoms with Crippen LogP contribution in [0.1, 0.15) is 35.3 Å². The van der Waals surface area contributed by atoms with E-state index in [0.29, 0.717) is 0 Å². The first-order valence-electron chi connectivity index (χ1n) is 7.62. The standard InChI is InChI=1S/C18H20N2O2S/c1-12(19-15(11-21)16-9-6-10-22-16)17-13(2)20-18(23-17)14-7-4-3-5-8-14/h3-10,12,15,19,21H,11H2,1-2H3. The summed E-state index contributed by atoms with van der Waals surface area (Å²) in [6.07, 6.45) is 1.62. The molecule has 2 aromatic heterocycles. The minimum atomic E-state index is -0.221. The van der Waals surface area contributed by atoms with Crippen molar-refractivity contribution in [3.63, 3.8) is 0 Å². The van der Waals surface area contributed by atoms with E-state index in [1.807, 2.05) is 37.3 Å². The number of nitrogens with one attached hydrogen (secondary N) is 1. The molecule has 0 bridgehead atoms. The van der Waals surface area contributed by atoms with Gasteiger partial charge in [0.25, 0.3) is 0 Å². The van der Waals surface area contributed by atoms with Gasteiger partial charge >= 0.3 is 0 Å². The summed E-state index contributed by atoms with van der Waals surface area (Å²) in [6.45, 7) is 4.10. The fourth-order valence-corrected chi connectivity index (χ4v) is 3.69. The fourth-order valence-electron chi connectivity index (χ4n) is 2.61. The van der Waals surface area contributed by atoms with Gasteiger partial charge in [-0.3, -0.25) is 5.32 Å². The van der Waals surface area contributed by atoms with Crippen LogP contribution in [-0.4, -0.2) is 16.7 Å². The molecule has 0 radical (unpaired) electrons. The van der Waals surface area contributed by atoms with Crippen LogP contribution in [0.2, 0.25) is 0 Å². The van der Waals surface area contributed by atoms with Crippen molar-refractivity contribution in [2.45, 2.75) is 25.9 Å². The number of nitrogens with zero attached hydrogens (tertiary/aromatic N) is 1. The minimum Gasteiger partial charge on any atom is -0.468 e. The molecule has 5 heteroatoms. The summed E-state index contributed by atoms with van der Waals surface area (Å²) >= 11 is 1.68. The maximum Gasteiger partial charge on any atom is 0.123 e. The lowest BCUT2D eigenvalue weighted by atomic mass is 10.1. The summed E-state index contributed by atoms with van der Waals surface area (Å²) in [6, 6.07) is 13.7. The summed E-state index contributed by atoms with van der Waals surface area (Å²) in [7, 11) is 0. The zero-order valence-electron chi connectivity index (χ0n) is 13.2. The van der Waals surface area contributed by atoms with Crippen LogP contribution in [0.15, 0.2) is 53.1 Å². The maximum atomic E-state index is 9.61. The third kappa shape index (κ3) is 3.52. The molecule has 0 aliphatic carbocycles. The third-order valence-corrected chi connectivity index (χ3v) is 5.16. The van der Waals surface area contributed by atoms with Gasteiger partial charge in [0.1, 0.15) is 10.8 Å². The number of aryl methyl sites for hydroxylation is 1. The van der Waals surface area contributed by atoms with Gasteiger partial charge in [0.2, 0.25) is 0 Å². The SMILES string of the molecule is Cc1nc(-c2ccccc2)sc1C(C)NC(CO)c1ccco1. The molecule has 0 amide bonds. The van der Waals surface area contributed by atoms with E-state index >= 15 is 0 Å². The first-order valence-corrected chi connectivity index (χ1v) is 8.43. The number of aliphatic hydroxyl groups is 1. The molecule has 120 valence electrons. The number of hydrogen-bond donors (Lipinski definition) is 2. The molecule has 2 unspecified atom stereocenters. The number of furan rings is 1. The minimum absolute atomic E-state index is 0.0127. The first kappa shape index (κ1) is 15.9. The highest BCUT2D eigenvalue weighted by Gasteiger charge is 2.20. The van der Waals surface area contributed by atoms with Crippen molar-refractivity contribution in [1.29, 1.82) is 0 Å². The number of hydrogen-bond acceptors (Lipinski definition) is 5. The zero-order valence-corrected chi connectivity index (χ0v) is 14.0. The molecule has 2 heterocycles. The van der Waals surface area contributed by atoms with Crippen LogP contribution in [0.25, 0.3) is 10.6 Å². The fraction of sp³-hybridized carbons (Fsp3) is 0.278. The van der Waals surface area contributed by atoms with E-state index in [-0.39, 0.29) is 18.7 Å². The quantitative estimate of drug-likeness (QED) is 0.715. The second-order valence-corrected chi connectivity index (χ2v) is 6.50. The summed E-state index contributed by atoms with van der Waals surface area (Å²) in [4.78, 5) is 5.87. The van der Waals surface area contributed by atoms with Gasteiger partial charge in [0.05, 0.1) is 24.6 Å². The average Bonchev–Trinajstić information content (AvgIpc) is 3.23. The van der Waals surface area contributed by atoms with Crippen LogP contribution in [0.5, 0.6) is 0 Å². The van der Waals surface area contributed by atoms with Crippen molar-refractivity contribution in [3.8, 4) is 10.6 Å². The molecule has 1 aromatic carbocycles. The highest BCUT2D eigenvalue weighted by atomic mass is 32.1. The molecule has 0 spiro atoms. The predicted octanol–water partition coefficient (Wildman–Crippen LogP) is 4.10. The summed E-state index contributed by atoms with van der Waals surface area (Å²) in [5.41, 5.74) is 2.15. The molecule has 0 saturated heterocycles. The molecule has 2 N–H and O–H groups in total. The number of benzene rings is 1. The Balaban J connectivity index is 1.80. The van der Waals surface area contributed by atoms with E-state index in [1.54, 1.807) is 17.6 Å². The van der Waals surface area contributed by atoms with E-state index in [9.17, 15) is 5.11 Å². The van der Waals surface area contributed by atoms with Gasteiger partial charge in [-0.2, -0.15) is 0 Å². The Morgan fingerprint density at radius 3 is 2.65 bits per heavy atom. The highest BCUT2D eigenvalue weighted by Crippen LogP contribution is 2.32. The smallest absolute Gasteiger partial charge is 0.123 e. The van der Waals surface area contributed by atoms with Crippen molar-refractivity contribution in [2.24, 2.45) is 0 Å². The van der Waals surface area contributed by atoms with Crippen LogP contribution in [0.4, 0.5) is 0 Å². The molecule has 3 aromatic rings. The Labute approximate surface area is 139 Å². The van der Waals surface area contributed by atoms with Crippen LogP contribution < -0.4 is 5.32 Å². The second-order valence-electron chi connectivity index (χ2n) is 5.47. The van der Waals surface area contributed by atoms with Gasteiger partial charge in [0.15, 0.2) is 0 Å². The summed E-state index contributed by atoms with van der Waals surface area (Å²) < 4.78 is 5.39. The van der Waals surface area contributed by atoms with E-state index in [0.717, 1.165) is 22.0 Å². The average molecular weight is 328 g/mol. The van der Waals surface area contributed by atoms with E-state index < -0.39 is 0 Å². The van der Waals surface area contributed by atoms with Crippen LogP contribution in [-0.2, 0) is 0 Å². The number of thiazole rings is 1. The Morgan fingerprint density at radius 1 is 1.22 bits per heavy atom. The largest absolute Gasteiger partial charge is 0.468 e. The van der Waals surface area contributed by atoms with Crippen molar-refractivity contribution >= 4 is 11.3 Å². The summed E-state index contributed by atoms with van der Waals surface area (Å²) in [5, 5.41) is 14.0. The molecule has 0 fully saturated rings. The van der Waals surface area contributed by atoms with Crippen molar-refractivity contribution in [3.05, 3.63) is 65.1 Å². The van der Waals surface area contributed by atoms with Gasteiger partial charge in [-0.1, -0.05) is 30.3 Å². The topological polar surface area (TPSA) is 58.3 Å². The maximum absolute atomic E-state index is 9.61. The monoisotopic (exact) mass is 328 g/mol. The molecule has 4 nitrogen and oxygen atoms in total. The number of aliphatic hydroxyl groups excluding tert-OH is 1. The molecular weight excluding hydrogens is 308 g/mol. The molecule has 2 atom stereocenters. The lowest BCUT2D eigenvalue weighted by Crippen LogP contribution is -2.26. The normalized spacial score (nSPS) is 13.9. The predicted molar refractivity (Wildman–Crippen MR) is 92.4 cm³/mol. The van der Waals surface area contributed by atoms with Crippen molar-refractivity contribution in [1.82, 2.24) is 10.3 Å². The first-order chi connectivity index (χ1) is 11.2. The Bertz CT molecular complexity index is 738.